The quantitative estimate of drug-likeness (QED) is 0.157. The normalized spacial score (nSPS) is 12.1. The van der Waals surface area contributed by atoms with Crippen molar-refractivity contribution in [1.82, 2.24) is 0 Å². The van der Waals surface area contributed by atoms with E-state index in [0.29, 0.717) is 22.7 Å². The van der Waals surface area contributed by atoms with Crippen molar-refractivity contribution in [1.29, 1.82) is 0 Å². The summed E-state index contributed by atoms with van der Waals surface area (Å²) in [4.78, 5) is 25.3. The van der Waals surface area contributed by atoms with Gasteiger partial charge < -0.3 is 24.1 Å². The number of hydrogen-bond acceptors (Lipinski definition) is 7. The third-order valence-corrected chi connectivity index (χ3v) is 6.65. The molecule has 38 heavy (non-hydrogen) atoms. The zero-order chi connectivity index (χ0) is 27.4. The molecule has 1 aromatic heterocycles. The van der Waals surface area contributed by atoms with Crippen LogP contribution in [-0.4, -0.2) is 36.2 Å². The number of methoxy groups -OCH3 is 2. The maximum Gasteiger partial charge on any atom is 0.309 e. The molecule has 0 aliphatic rings. The zero-order valence-corrected chi connectivity index (χ0v) is 21.8. The third-order valence-electron chi connectivity index (χ3n) is 6.65. The van der Waals surface area contributed by atoms with Gasteiger partial charge in [0, 0.05) is 17.4 Å². The summed E-state index contributed by atoms with van der Waals surface area (Å²) in [5.74, 6) is -0.807. The van der Waals surface area contributed by atoms with Gasteiger partial charge in [-0.25, -0.2) is 0 Å². The Morgan fingerprint density at radius 1 is 0.947 bits per heavy atom. The maximum absolute atomic E-state index is 12.9. The van der Waals surface area contributed by atoms with Gasteiger partial charge >= 0.3 is 5.97 Å². The van der Waals surface area contributed by atoms with Crippen molar-refractivity contribution in [3.8, 4) is 28.6 Å². The fraction of sp³-hybridized carbons (Fsp3) is 0.226. The first-order valence-corrected chi connectivity index (χ1v) is 12.2. The van der Waals surface area contributed by atoms with Gasteiger partial charge in [-0.05, 0) is 78.9 Å². The molecular formula is C31H30O7. The molecule has 7 heteroatoms. The first-order chi connectivity index (χ1) is 18.2. The highest BCUT2D eigenvalue weighted by Gasteiger charge is 2.23. The van der Waals surface area contributed by atoms with Crippen molar-refractivity contribution >= 4 is 28.8 Å². The van der Waals surface area contributed by atoms with Crippen LogP contribution < -0.4 is 4.74 Å². The van der Waals surface area contributed by atoms with Gasteiger partial charge in [0.2, 0.25) is 0 Å². The number of allylic oxidation sites excluding steroid dienone is 1. The van der Waals surface area contributed by atoms with Gasteiger partial charge in [-0.2, -0.15) is 0 Å². The smallest absolute Gasteiger partial charge is 0.309 e. The van der Waals surface area contributed by atoms with E-state index >= 15 is 0 Å². The largest absolute Gasteiger partial charge is 0.504 e. The molecule has 0 spiro atoms. The molecule has 0 radical (unpaired) electrons. The Balaban J connectivity index is 1.59. The number of ether oxygens (including phenoxy) is 2. The molecule has 0 saturated heterocycles. The van der Waals surface area contributed by atoms with E-state index in [-0.39, 0.29) is 30.1 Å². The Morgan fingerprint density at radius 3 is 2.42 bits per heavy atom. The molecule has 3 aromatic carbocycles. The summed E-state index contributed by atoms with van der Waals surface area (Å²) in [6, 6.07) is 16.0. The number of furan rings is 1. The summed E-state index contributed by atoms with van der Waals surface area (Å²) in [5.41, 5.74) is 5.24. The number of ketones is 1. The number of esters is 1. The van der Waals surface area contributed by atoms with Gasteiger partial charge in [0.15, 0.2) is 28.6 Å². The molecular weight excluding hydrogens is 484 g/mol. The number of carbonyl (C=O) groups is 2. The highest BCUT2D eigenvalue weighted by Crippen LogP contribution is 2.36. The van der Waals surface area contributed by atoms with E-state index in [1.165, 1.54) is 30.9 Å². The van der Waals surface area contributed by atoms with Gasteiger partial charge in [-0.1, -0.05) is 30.3 Å². The summed E-state index contributed by atoms with van der Waals surface area (Å²) in [7, 11) is 2.84. The van der Waals surface area contributed by atoms with Gasteiger partial charge in [-0.3, -0.25) is 9.59 Å². The van der Waals surface area contributed by atoms with Crippen LogP contribution in [0, 0.1) is 19.8 Å². The van der Waals surface area contributed by atoms with Crippen molar-refractivity contribution < 1.29 is 33.7 Å². The molecule has 0 aliphatic heterocycles. The van der Waals surface area contributed by atoms with Crippen LogP contribution in [0.1, 0.15) is 28.7 Å². The maximum atomic E-state index is 12.9. The lowest BCUT2D eigenvalue weighted by molar-refractivity contribution is -0.146. The van der Waals surface area contributed by atoms with Crippen LogP contribution in [0.5, 0.6) is 17.2 Å². The molecule has 4 aromatic rings. The number of rotatable bonds is 9. The Labute approximate surface area is 220 Å². The van der Waals surface area contributed by atoms with Crippen molar-refractivity contribution in [2.24, 2.45) is 5.92 Å². The molecule has 0 saturated carbocycles. The second-order valence-corrected chi connectivity index (χ2v) is 9.26. The number of carbonyl (C=O) groups excluding carboxylic acids is 2. The predicted octanol–water partition coefficient (Wildman–Crippen LogP) is 6.14. The minimum absolute atomic E-state index is 0.0800. The van der Waals surface area contributed by atoms with Crippen LogP contribution in [-0.2, 0) is 20.7 Å². The van der Waals surface area contributed by atoms with Crippen LogP contribution in [0.25, 0.3) is 28.4 Å². The zero-order valence-electron chi connectivity index (χ0n) is 21.8. The Kier molecular flexibility index (Phi) is 7.86. The van der Waals surface area contributed by atoms with Crippen molar-refractivity contribution in [2.45, 2.75) is 26.7 Å². The lowest BCUT2D eigenvalue weighted by Gasteiger charge is -2.13. The number of fused-ring (bicyclic) bond motifs is 1. The highest BCUT2D eigenvalue weighted by molar-refractivity contribution is 6.00. The molecule has 196 valence electrons. The minimum atomic E-state index is -0.748. The Hall–Kier alpha value is -4.52. The number of phenols is 2. The second-order valence-electron chi connectivity index (χ2n) is 9.26. The van der Waals surface area contributed by atoms with Gasteiger partial charge in [0.1, 0.15) is 5.76 Å². The SMILES string of the molecule is COC(=O)[C@@H](CC(=O)/C=C/c1ccc(OC)c2oc(-c3ccc(C)c(C)c3)cc12)Cc1ccc(O)c(O)c1. The summed E-state index contributed by atoms with van der Waals surface area (Å²) < 4.78 is 16.6. The Bertz CT molecular complexity index is 1530. The average molecular weight is 515 g/mol. The van der Waals surface area contributed by atoms with Crippen molar-refractivity contribution in [2.75, 3.05) is 14.2 Å². The third kappa shape index (κ3) is 5.72. The van der Waals surface area contributed by atoms with E-state index in [0.717, 1.165) is 22.1 Å². The number of aryl methyl sites for hydroxylation is 2. The first-order valence-electron chi connectivity index (χ1n) is 12.2. The first kappa shape index (κ1) is 26.5. The number of phenolic OH excluding ortho intramolecular Hbond substituents is 2. The van der Waals surface area contributed by atoms with Crippen LogP contribution in [0.4, 0.5) is 0 Å². The summed E-state index contributed by atoms with van der Waals surface area (Å²) in [6.45, 7) is 4.10. The van der Waals surface area contributed by atoms with Crippen LogP contribution in [0.2, 0.25) is 0 Å². The molecule has 2 N–H and O–H groups in total. The summed E-state index contributed by atoms with van der Waals surface area (Å²) >= 11 is 0. The lowest BCUT2D eigenvalue weighted by Crippen LogP contribution is -2.21. The molecule has 1 heterocycles. The molecule has 0 unspecified atom stereocenters. The number of aromatic hydroxyl groups is 2. The average Bonchev–Trinajstić information content (AvgIpc) is 3.36. The Morgan fingerprint density at radius 2 is 1.74 bits per heavy atom. The molecule has 0 amide bonds. The standard InChI is InChI=1S/C31H30O7/c1-18-5-7-22(13-19(18)2)29-17-25-21(9-12-28(36-3)30(25)38-29)8-10-24(32)16-23(31(35)37-4)14-20-6-11-26(33)27(34)15-20/h5-13,15,17,23,33-34H,14,16H2,1-4H3/b10-8+/t23-/m1/s1. The fourth-order valence-corrected chi connectivity index (χ4v) is 4.34. The topological polar surface area (TPSA) is 106 Å². The van der Waals surface area contributed by atoms with E-state index in [1.54, 1.807) is 25.3 Å². The van der Waals surface area contributed by atoms with E-state index in [1.807, 2.05) is 31.2 Å². The van der Waals surface area contributed by atoms with E-state index < -0.39 is 11.9 Å². The van der Waals surface area contributed by atoms with Gasteiger partial charge in [0.25, 0.3) is 0 Å². The van der Waals surface area contributed by atoms with E-state index in [2.05, 4.69) is 13.0 Å². The van der Waals surface area contributed by atoms with Gasteiger partial charge in [-0.15, -0.1) is 0 Å². The molecule has 1 atom stereocenters. The number of benzene rings is 3. The molecule has 0 aliphatic carbocycles. The molecule has 0 bridgehead atoms. The van der Waals surface area contributed by atoms with E-state index in [4.69, 9.17) is 13.9 Å². The van der Waals surface area contributed by atoms with Crippen LogP contribution in [0.15, 0.2) is 65.1 Å². The highest BCUT2D eigenvalue weighted by atomic mass is 16.5. The summed E-state index contributed by atoms with van der Waals surface area (Å²) in [5, 5.41) is 20.1. The monoisotopic (exact) mass is 514 g/mol. The summed E-state index contributed by atoms with van der Waals surface area (Å²) in [6.07, 6.45) is 3.23. The minimum Gasteiger partial charge on any atom is -0.504 e. The molecule has 0 fully saturated rings. The second kappa shape index (κ2) is 11.3. The van der Waals surface area contributed by atoms with Gasteiger partial charge in [0.05, 0.1) is 20.1 Å². The number of hydrogen-bond donors (Lipinski definition) is 2. The van der Waals surface area contributed by atoms with Crippen LogP contribution in [0.3, 0.4) is 0 Å². The fourth-order valence-electron chi connectivity index (χ4n) is 4.34. The van der Waals surface area contributed by atoms with Crippen molar-refractivity contribution in [3.05, 3.63) is 82.9 Å². The van der Waals surface area contributed by atoms with Crippen LogP contribution >= 0.6 is 0 Å². The van der Waals surface area contributed by atoms with E-state index in [9.17, 15) is 19.8 Å². The lowest BCUT2D eigenvalue weighted by atomic mass is 9.93. The van der Waals surface area contributed by atoms with Crippen molar-refractivity contribution in [3.63, 3.8) is 0 Å². The molecule has 7 nitrogen and oxygen atoms in total. The predicted molar refractivity (Wildman–Crippen MR) is 145 cm³/mol. The molecule has 4 rings (SSSR count).